The molecule has 1 aliphatic rings. The number of carbonyl (C=O) groups is 4. The lowest BCUT2D eigenvalue weighted by atomic mass is 10.1. The van der Waals surface area contributed by atoms with E-state index in [1.54, 1.807) is 38.3 Å². The highest BCUT2D eigenvalue weighted by Gasteiger charge is 2.39. The summed E-state index contributed by atoms with van der Waals surface area (Å²) >= 11 is 1.23. The van der Waals surface area contributed by atoms with Crippen molar-refractivity contribution in [1.29, 1.82) is 0 Å². The SMILES string of the molecule is CC(C)(C)OC(=O)NC(CC(=O)ON1C(=O)c2ccccc2C1=O)c1nccs1. The fourth-order valence-corrected chi connectivity index (χ4v) is 3.30. The molecule has 0 saturated carbocycles. The van der Waals surface area contributed by atoms with Crippen LogP contribution < -0.4 is 5.32 Å². The van der Waals surface area contributed by atoms with Gasteiger partial charge in [0.25, 0.3) is 11.8 Å². The summed E-state index contributed by atoms with van der Waals surface area (Å²) in [5.41, 5.74) is -0.402. The number of amides is 3. The normalized spacial score (nSPS) is 14.4. The minimum absolute atomic E-state index is 0.161. The Kier molecular flexibility index (Phi) is 5.64. The van der Waals surface area contributed by atoms with Gasteiger partial charge in [-0.3, -0.25) is 9.59 Å². The van der Waals surface area contributed by atoms with Crippen LogP contribution in [0.1, 0.15) is 59.0 Å². The molecular weight excluding hydrogens is 398 g/mol. The maximum atomic E-state index is 12.4. The van der Waals surface area contributed by atoms with E-state index in [1.807, 2.05) is 0 Å². The molecule has 0 spiro atoms. The lowest BCUT2D eigenvalue weighted by Crippen LogP contribution is -2.37. The Labute approximate surface area is 170 Å². The van der Waals surface area contributed by atoms with Crippen LogP contribution in [-0.4, -0.2) is 39.5 Å². The van der Waals surface area contributed by atoms with Gasteiger partial charge in [-0.15, -0.1) is 11.3 Å². The number of imide groups is 1. The van der Waals surface area contributed by atoms with E-state index < -0.39 is 35.5 Å². The third kappa shape index (κ3) is 4.77. The number of fused-ring (bicyclic) bond motifs is 1. The van der Waals surface area contributed by atoms with Crippen molar-refractivity contribution in [3.63, 3.8) is 0 Å². The Morgan fingerprint density at radius 2 is 1.79 bits per heavy atom. The molecule has 1 N–H and O–H groups in total. The van der Waals surface area contributed by atoms with Gasteiger partial charge in [0.15, 0.2) is 0 Å². The molecule has 1 unspecified atom stereocenters. The first-order valence-electron chi connectivity index (χ1n) is 8.73. The van der Waals surface area contributed by atoms with Crippen molar-refractivity contribution >= 4 is 35.2 Å². The summed E-state index contributed by atoms with van der Waals surface area (Å²) in [6, 6.07) is 5.34. The lowest BCUT2D eigenvalue weighted by Gasteiger charge is -2.22. The number of nitrogens with one attached hydrogen (secondary N) is 1. The van der Waals surface area contributed by atoms with Gasteiger partial charge in [0.2, 0.25) is 0 Å². The van der Waals surface area contributed by atoms with E-state index in [-0.39, 0.29) is 17.5 Å². The number of alkyl carbamates (subject to hydrolysis) is 1. The summed E-state index contributed by atoms with van der Waals surface area (Å²) in [6.07, 6.45) is 0.450. The minimum Gasteiger partial charge on any atom is -0.444 e. The summed E-state index contributed by atoms with van der Waals surface area (Å²) < 4.78 is 5.21. The van der Waals surface area contributed by atoms with Crippen LogP contribution in [0.25, 0.3) is 0 Å². The molecule has 1 atom stereocenters. The number of hydrogen-bond donors (Lipinski definition) is 1. The van der Waals surface area contributed by atoms with Crippen molar-refractivity contribution in [1.82, 2.24) is 15.4 Å². The lowest BCUT2D eigenvalue weighted by molar-refractivity contribution is -0.169. The molecule has 0 aliphatic carbocycles. The maximum Gasteiger partial charge on any atom is 0.408 e. The fourth-order valence-electron chi connectivity index (χ4n) is 2.61. The van der Waals surface area contributed by atoms with Gasteiger partial charge in [-0.2, -0.15) is 0 Å². The van der Waals surface area contributed by atoms with Gasteiger partial charge in [0, 0.05) is 11.6 Å². The average Bonchev–Trinajstić information content (AvgIpc) is 3.24. The van der Waals surface area contributed by atoms with Gasteiger partial charge in [-0.1, -0.05) is 17.2 Å². The van der Waals surface area contributed by atoms with Gasteiger partial charge in [0.1, 0.15) is 10.6 Å². The first kappa shape index (κ1) is 20.5. The molecule has 9 nitrogen and oxygen atoms in total. The second-order valence-corrected chi connectivity index (χ2v) is 8.11. The first-order chi connectivity index (χ1) is 13.7. The van der Waals surface area contributed by atoms with Crippen LogP contribution in [0, 0.1) is 0 Å². The summed E-state index contributed by atoms with van der Waals surface area (Å²) in [4.78, 5) is 58.3. The molecule has 1 aliphatic heterocycles. The second kappa shape index (κ2) is 8.00. The van der Waals surface area contributed by atoms with E-state index in [4.69, 9.17) is 9.57 Å². The summed E-state index contributed by atoms with van der Waals surface area (Å²) in [5, 5.41) is 5.14. The quantitative estimate of drug-likeness (QED) is 0.744. The van der Waals surface area contributed by atoms with Crippen molar-refractivity contribution < 1.29 is 28.8 Å². The molecule has 2 heterocycles. The molecule has 3 amide bonds. The number of hydroxylamine groups is 2. The molecule has 1 aromatic heterocycles. The molecule has 0 saturated heterocycles. The predicted octanol–water partition coefficient (Wildman–Crippen LogP) is 2.85. The Bertz CT molecular complexity index is 916. The largest absolute Gasteiger partial charge is 0.444 e. The van der Waals surface area contributed by atoms with Crippen LogP contribution in [0.15, 0.2) is 35.8 Å². The van der Waals surface area contributed by atoms with E-state index in [1.165, 1.54) is 29.7 Å². The van der Waals surface area contributed by atoms with Crippen molar-refractivity contribution in [2.45, 2.75) is 38.8 Å². The molecule has 3 rings (SSSR count). The van der Waals surface area contributed by atoms with E-state index in [2.05, 4.69) is 10.3 Å². The van der Waals surface area contributed by atoms with Gasteiger partial charge < -0.3 is 14.9 Å². The molecule has 2 aromatic rings. The van der Waals surface area contributed by atoms with E-state index in [0.29, 0.717) is 10.1 Å². The first-order valence-corrected chi connectivity index (χ1v) is 9.61. The summed E-state index contributed by atoms with van der Waals surface area (Å²) in [6.45, 7) is 5.13. The molecule has 0 bridgehead atoms. The highest BCUT2D eigenvalue weighted by molar-refractivity contribution is 7.09. The number of thiazole rings is 1. The fraction of sp³-hybridized carbons (Fsp3) is 0.316. The van der Waals surface area contributed by atoms with E-state index in [0.717, 1.165) is 0 Å². The average molecular weight is 417 g/mol. The molecular formula is C19H19N3O6S. The third-order valence-corrected chi connectivity index (χ3v) is 4.65. The zero-order chi connectivity index (χ0) is 21.2. The number of carbonyl (C=O) groups excluding carboxylic acids is 4. The van der Waals surface area contributed by atoms with Crippen molar-refractivity contribution in [3.8, 4) is 0 Å². The smallest absolute Gasteiger partial charge is 0.408 e. The second-order valence-electron chi connectivity index (χ2n) is 7.19. The van der Waals surface area contributed by atoms with Crippen LogP contribution in [0.2, 0.25) is 0 Å². The predicted molar refractivity (Wildman–Crippen MR) is 102 cm³/mol. The number of hydrogen-bond acceptors (Lipinski definition) is 8. The number of ether oxygens (including phenoxy) is 1. The van der Waals surface area contributed by atoms with Crippen molar-refractivity contribution in [2.75, 3.05) is 0 Å². The zero-order valence-electron chi connectivity index (χ0n) is 16.0. The number of nitrogens with zero attached hydrogens (tertiary/aromatic N) is 2. The summed E-state index contributed by atoms with van der Waals surface area (Å²) in [5.74, 6) is -2.31. The van der Waals surface area contributed by atoms with E-state index >= 15 is 0 Å². The highest BCUT2D eigenvalue weighted by atomic mass is 32.1. The number of aromatic nitrogens is 1. The molecule has 0 radical (unpaired) electrons. The van der Waals surface area contributed by atoms with Crippen LogP contribution in [-0.2, 0) is 14.4 Å². The Morgan fingerprint density at radius 1 is 1.17 bits per heavy atom. The van der Waals surface area contributed by atoms with Crippen molar-refractivity contribution in [2.24, 2.45) is 0 Å². The Hall–Kier alpha value is -3.27. The molecule has 29 heavy (non-hydrogen) atoms. The highest BCUT2D eigenvalue weighted by Crippen LogP contribution is 2.25. The minimum atomic E-state index is -0.879. The van der Waals surface area contributed by atoms with Crippen LogP contribution in [0.3, 0.4) is 0 Å². The number of rotatable bonds is 5. The van der Waals surface area contributed by atoms with Crippen LogP contribution >= 0.6 is 11.3 Å². The monoisotopic (exact) mass is 417 g/mol. The maximum absolute atomic E-state index is 12.4. The number of benzene rings is 1. The molecule has 10 heteroatoms. The topological polar surface area (TPSA) is 115 Å². The van der Waals surface area contributed by atoms with Crippen LogP contribution in [0.5, 0.6) is 0 Å². The van der Waals surface area contributed by atoms with E-state index in [9.17, 15) is 19.2 Å². The molecule has 0 fully saturated rings. The zero-order valence-corrected chi connectivity index (χ0v) is 16.8. The Balaban J connectivity index is 1.69. The van der Waals surface area contributed by atoms with Gasteiger partial charge in [0.05, 0.1) is 23.6 Å². The molecule has 152 valence electrons. The Morgan fingerprint density at radius 3 is 2.31 bits per heavy atom. The third-order valence-electron chi connectivity index (χ3n) is 3.76. The summed E-state index contributed by atoms with van der Waals surface area (Å²) in [7, 11) is 0. The van der Waals surface area contributed by atoms with Gasteiger partial charge in [-0.25, -0.2) is 14.6 Å². The van der Waals surface area contributed by atoms with Gasteiger partial charge >= 0.3 is 12.1 Å². The van der Waals surface area contributed by atoms with Crippen molar-refractivity contribution in [3.05, 3.63) is 52.0 Å². The van der Waals surface area contributed by atoms with Crippen LogP contribution in [0.4, 0.5) is 4.79 Å². The van der Waals surface area contributed by atoms with Gasteiger partial charge in [-0.05, 0) is 32.9 Å². The standard InChI is InChI=1S/C19H19N3O6S/c1-19(2,3)27-18(26)21-13(15-20-8-9-29-15)10-14(23)28-22-16(24)11-6-4-5-7-12(11)17(22)25/h4-9,13H,10H2,1-3H3,(H,21,26). The molecule has 1 aromatic carbocycles.